The SMILES string of the molecule is CN/N=C(/N)C(C(=NC1CCN(C(=O)/C=C/CN(C)C2CC2)CC1)c1oc2ccc(C)cc2c1C)=C(N)C=O. The van der Waals surface area contributed by atoms with Crippen molar-refractivity contribution < 1.29 is 14.0 Å². The summed E-state index contributed by atoms with van der Waals surface area (Å²) in [5.41, 5.74) is 18.3. The van der Waals surface area contributed by atoms with Crippen molar-refractivity contribution in [1.29, 1.82) is 0 Å². The highest BCUT2D eigenvalue weighted by Crippen LogP contribution is 2.30. The number of aryl methyl sites for hydroxylation is 2. The molecular weight excluding hydrogens is 494 g/mol. The van der Waals surface area contributed by atoms with Crippen LogP contribution in [0, 0.1) is 13.8 Å². The maximum atomic E-state index is 12.8. The molecule has 1 aliphatic carbocycles. The molecule has 0 spiro atoms. The van der Waals surface area contributed by atoms with Gasteiger partial charge in [-0.25, -0.2) is 0 Å². The Kier molecular flexibility index (Phi) is 8.86. The first-order valence-corrected chi connectivity index (χ1v) is 13.4. The minimum absolute atomic E-state index is 0.0153. The Morgan fingerprint density at radius 1 is 1.21 bits per heavy atom. The van der Waals surface area contributed by atoms with Crippen LogP contribution in [0.25, 0.3) is 11.0 Å². The molecular formula is C29H39N7O3. The zero-order valence-corrected chi connectivity index (χ0v) is 23.2. The predicted octanol–water partition coefficient (Wildman–Crippen LogP) is 2.38. The van der Waals surface area contributed by atoms with Gasteiger partial charge in [0.2, 0.25) is 5.91 Å². The van der Waals surface area contributed by atoms with Crippen molar-refractivity contribution in [2.45, 2.75) is 51.6 Å². The number of likely N-dealkylation sites (N-methyl/N-ethyl adjacent to an activating group) is 1. The number of hydrazone groups is 1. The Morgan fingerprint density at radius 3 is 2.56 bits per heavy atom. The lowest BCUT2D eigenvalue weighted by atomic mass is 9.99. The van der Waals surface area contributed by atoms with Gasteiger partial charge in [-0.1, -0.05) is 17.7 Å². The van der Waals surface area contributed by atoms with Crippen LogP contribution >= 0.6 is 0 Å². The number of nitrogens with one attached hydrogen (secondary N) is 1. The molecule has 2 aromatic rings. The van der Waals surface area contributed by atoms with Gasteiger partial charge in [0.25, 0.3) is 0 Å². The number of likely N-dealkylation sites (tertiary alicyclic amines) is 1. The number of benzene rings is 1. The molecule has 1 aliphatic heterocycles. The van der Waals surface area contributed by atoms with Gasteiger partial charge in [-0.15, -0.1) is 0 Å². The van der Waals surface area contributed by atoms with Gasteiger partial charge in [-0.2, -0.15) is 5.10 Å². The molecule has 0 atom stereocenters. The van der Waals surface area contributed by atoms with Crippen LogP contribution in [-0.2, 0) is 9.59 Å². The van der Waals surface area contributed by atoms with E-state index in [9.17, 15) is 9.59 Å². The molecule has 1 amide bonds. The highest BCUT2D eigenvalue weighted by molar-refractivity contribution is 6.31. The zero-order valence-electron chi connectivity index (χ0n) is 23.2. The summed E-state index contributed by atoms with van der Waals surface area (Å²) in [6.45, 7) is 5.89. The number of piperidine rings is 1. The number of hydrogen-bond acceptors (Lipinski definition) is 8. The van der Waals surface area contributed by atoms with Crippen molar-refractivity contribution in [2.75, 3.05) is 33.7 Å². The summed E-state index contributed by atoms with van der Waals surface area (Å²) in [7, 11) is 3.70. The van der Waals surface area contributed by atoms with E-state index in [1.165, 1.54) is 12.8 Å². The van der Waals surface area contributed by atoms with E-state index in [0.29, 0.717) is 55.3 Å². The number of carbonyl (C=O) groups is 2. The number of carbonyl (C=O) groups excluding carboxylic acids is 2. The second kappa shape index (κ2) is 12.3. The maximum absolute atomic E-state index is 12.8. The number of aliphatic imine (C=N–C) groups is 1. The number of amides is 1. The normalized spacial score (nSPS) is 18.2. The molecule has 0 bridgehead atoms. The molecule has 208 valence electrons. The molecule has 10 nitrogen and oxygen atoms in total. The van der Waals surface area contributed by atoms with Crippen LogP contribution in [0.15, 0.2) is 56.1 Å². The third-order valence-corrected chi connectivity index (χ3v) is 7.36. The van der Waals surface area contributed by atoms with Crippen LogP contribution in [0.5, 0.6) is 0 Å². The standard InChI is InChI=1S/C29H39N7O3/c1-18-7-10-24-22(16-18)19(2)28(39-24)27(26(23(30)17-37)29(31)34-32-3)33-20-11-14-36(15-12-20)25(38)6-5-13-35(4)21-8-9-21/h5-7,10,16-17,20-21,32H,8-9,11-15,30H2,1-4H3,(H2,31,34)/b6-5+,26-23?,33-27?. The summed E-state index contributed by atoms with van der Waals surface area (Å²) >= 11 is 0. The first-order chi connectivity index (χ1) is 18.7. The Labute approximate surface area is 229 Å². The number of amidine groups is 1. The third kappa shape index (κ3) is 6.57. The second-order valence-corrected chi connectivity index (χ2v) is 10.3. The smallest absolute Gasteiger partial charge is 0.246 e. The van der Waals surface area contributed by atoms with Crippen LogP contribution in [0.2, 0.25) is 0 Å². The van der Waals surface area contributed by atoms with Crippen LogP contribution < -0.4 is 16.9 Å². The van der Waals surface area contributed by atoms with Crippen LogP contribution in [0.4, 0.5) is 0 Å². The molecule has 1 saturated heterocycles. The molecule has 1 aromatic heterocycles. The minimum Gasteiger partial charge on any atom is -0.454 e. The van der Waals surface area contributed by atoms with E-state index in [0.717, 1.165) is 23.1 Å². The van der Waals surface area contributed by atoms with Crippen molar-refractivity contribution in [1.82, 2.24) is 15.2 Å². The van der Waals surface area contributed by atoms with Gasteiger partial charge in [0.1, 0.15) is 11.3 Å². The van der Waals surface area contributed by atoms with Crippen molar-refractivity contribution in [3.8, 4) is 0 Å². The fourth-order valence-electron chi connectivity index (χ4n) is 4.93. The van der Waals surface area contributed by atoms with E-state index in [2.05, 4.69) is 22.5 Å². The predicted molar refractivity (Wildman–Crippen MR) is 155 cm³/mol. The van der Waals surface area contributed by atoms with Crippen LogP contribution in [0.1, 0.15) is 42.6 Å². The average Bonchev–Trinajstić information content (AvgIpc) is 3.73. The fourth-order valence-corrected chi connectivity index (χ4v) is 4.93. The Morgan fingerprint density at radius 2 is 1.92 bits per heavy atom. The van der Waals surface area contributed by atoms with Crippen molar-refractivity contribution in [2.24, 2.45) is 21.6 Å². The quantitative estimate of drug-likeness (QED) is 0.140. The minimum atomic E-state index is -0.125. The van der Waals surface area contributed by atoms with E-state index in [4.69, 9.17) is 20.9 Å². The maximum Gasteiger partial charge on any atom is 0.246 e. The largest absolute Gasteiger partial charge is 0.454 e. The van der Waals surface area contributed by atoms with E-state index in [1.54, 1.807) is 13.1 Å². The molecule has 39 heavy (non-hydrogen) atoms. The molecule has 0 radical (unpaired) electrons. The number of nitrogens with zero attached hydrogens (tertiary/aromatic N) is 4. The molecule has 1 saturated carbocycles. The molecule has 2 aliphatic rings. The molecule has 1 aromatic carbocycles. The van der Waals surface area contributed by atoms with E-state index >= 15 is 0 Å². The molecule has 0 unspecified atom stereocenters. The lowest BCUT2D eigenvalue weighted by Gasteiger charge is -2.30. The summed E-state index contributed by atoms with van der Waals surface area (Å²) in [4.78, 5) is 33.7. The van der Waals surface area contributed by atoms with Gasteiger partial charge in [-0.3, -0.25) is 19.5 Å². The van der Waals surface area contributed by atoms with E-state index < -0.39 is 0 Å². The Bertz CT molecular complexity index is 1340. The molecule has 5 N–H and O–H groups in total. The highest BCUT2D eigenvalue weighted by Gasteiger charge is 2.28. The van der Waals surface area contributed by atoms with Gasteiger partial charge >= 0.3 is 0 Å². The average molecular weight is 534 g/mol. The van der Waals surface area contributed by atoms with E-state index in [-0.39, 0.29) is 29.1 Å². The number of nitrogens with two attached hydrogens (primary N) is 2. The number of fused-ring (bicyclic) bond motifs is 1. The first-order valence-electron chi connectivity index (χ1n) is 13.4. The second-order valence-electron chi connectivity index (χ2n) is 10.3. The van der Waals surface area contributed by atoms with Crippen molar-refractivity contribution >= 4 is 34.7 Å². The first kappa shape index (κ1) is 28.1. The fraction of sp³-hybridized carbons (Fsp3) is 0.448. The zero-order chi connectivity index (χ0) is 28.1. The number of aldehydes is 1. The lowest BCUT2D eigenvalue weighted by Crippen LogP contribution is -2.39. The third-order valence-electron chi connectivity index (χ3n) is 7.36. The van der Waals surface area contributed by atoms with Gasteiger partial charge in [0.05, 0.1) is 17.3 Å². The van der Waals surface area contributed by atoms with Gasteiger partial charge < -0.3 is 26.2 Å². The highest BCUT2D eigenvalue weighted by atomic mass is 16.3. The summed E-state index contributed by atoms with van der Waals surface area (Å²) in [6, 6.07) is 6.47. The van der Waals surface area contributed by atoms with Gasteiger partial charge in [0, 0.05) is 49.7 Å². The van der Waals surface area contributed by atoms with Crippen LogP contribution in [0.3, 0.4) is 0 Å². The molecule has 10 heteroatoms. The number of rotatable bonds is 10. The molecule has 4 rings (SSSR count). The molecule has 2 heterocycles. The number of hydrogen-bond donors (Lipinski definition) is 3. The Balaban J connectivity index is 1.61. The molecule has 2 fully saturated rings. The van der Waals surface area contributed by atoms with Crippen LogP contribution in [-0.4, -0.2) is 79.4 Å². The summed E-state index contributed by atoms with van der Waals surface area (Å²) < 4.78 is 6.26. The lowest BCUT2D eigenvalue weighted by molar-refractivity contribution is -0.127. The Hall–Kier alpha value is -3.92. The number of allylic oxidation sites excluding steroid dienone is 1. The van der Waals surface area contributed by atoms with Gasteiger partial charge in [0.15, 0.2) is 17.9 Å². The monoisotopic (exact) mass is 533 g/mol. The van der Waals surface area contributed by atoms with Crippen molar-refractivity contribution in [3.63, 3.8) is 0 Å². The number of furan rings is 1. The summed E-state index contributed by atoms with van der Waals surface area (Å²) in [6.07, 6.45) is 7.94. The topological polar surface area (TPSA) is 143 Å². The summed E-state index contributed by atoms with van der Waals surface area (Å²) in [5, 5.41) is 5.03. The summed E-state index contributed by atoms with van der Waals surface area (Å²) in [5.74, 6) is 0.540. The van der Waals surface area contributed by atoms with Gasteiger partial charge in [-0.05, 0) is 58.7 Å². The van der Waals surface area contributed by atoms with Crippen molar-refractivity contribution in [3.05, 3.63) is 58.5 Å². The van der Waals surface area contributed by atoms with E-state index in [1.807, 2.05) is 43.0 Å².